The summed E-state index contributed by atoms with van der Waals surface area (Å²) in [7, 11) is 0. The highest BCUT2D eigenvalue weighted by molar-refractivity contribution is 14.1. The molecular weight excluding hydrogens is 243 g/mol. The van der Waals surface area contributed by atoms with Gasteiger partial charge in [-0.3, -0.25) is 4.79 Å². The van der Waals surface area contributed by atoms with Gasteiger partial charge in [0.1, 0.15) is 0 Å². The molecule has 62 valence electrons. The minimum atomic E-state index is -0.0955. The van der Waals surface area contributed by atoms with Crippen molar-refractivity contribution in [1.29, 1.82) is 0 Å². The lowest BCUT2D eigenvalue weighted by Gasteiger charge is -1.95. The predicted molar refractivity (Wildman–Crippen MR) is 51.5 cm³/mol. The Bertz CT molecular complexity index is 66.0. The Kier molecular flexibility index (Phi) is 15.3. The molecule has 0 heterocycles. The maximum absolute atomic E-state index is 10.4. The van der Waals surface area contributed by atoms with E-state index in [-0.39, 0.29) is 5.97 Å². The summed E-state index contributed by atoms with van der Waals surface area (Å²) in [6.07, 6.45) is 0.536. The number of rotatable bonds is 3. The lowest BCUT2D eigenvalue weighted by molar-refractivity contribution is -0.142. The quantitative estimate of drug-likeness (QED) is 0.441. The van der Waals surface area contributed by atoms with Gasteiger partial charge in [-0.05, 0) is 6.92 Å². The molecule has 3 heteroatoms. The number of ether oxygens (including phenoxy) is 1. The Hall–Kier alpha value is 0.200. The Balaban J connectivity index is 0. The maximum atomic E-state index is 10.4. The van der Waals surface area contributed by atoms with Gasteiger partial charge in [-0.1, -0.05) is 36.4 Å². The van der Waals surface area contributed by atoms with Gasteiger partial charge in [-0.25, -0.2) is 0 Å². The maximum Gasteiger partial charge on any atom is 0.306 e. The zero-order chi connectivity index (χ0) is 8.41. The van der Waals surface area contributed by atoms with Crippen molar-refractivity contribution in [3.05, 3.63) is 0 Å². The highest BCUT2D eigenvalue weighted by atomic mass is 127. The second-order valence-electron chi connectivity index (χ2n) is 1.24. The highest BCUT2D eigenvalue weighted by Crippen LogP contribution is 1.90. The topological polar surface area (TPSA) is 26.3 Å². The first-order chi connectivity index (χ1) is 4.81. The third-order valence-corrected chi connectivity index (χ3v) is 1.14. The highest BCUT2D eigenvalue weighted by Gasteiger charge is 1.96. The van der Waals surface area contributed by atoms with E-state index in [9.17, 15) is 4.79 Å². The lowest BCUT2D eigenvalue weighted by Crippen LogP contribution is -2.03. The molecule has 0 aliphatic heterocycles. The molecule has 0 aromatic rings. The molecule has 0 unspecified atom stereocenters. The minimum absolute atomic E-state index is 0.0955. The van der Waals surface area contributed by atoms with Crippen molar-refractivity contribution < 1.29 is 9.53 Å². The molecule has 0 aromatic carbocycles. The predicted octanol–water partition coefficient (Wildman–Crippen LogP) is 2.40. The average Bonchev–Trinajstić information content (AvgIpc) is 1.93. The number of halogens is 1. The van der Waals surface area contributed by atoms with E-state index >= 15 is 0 Å². The molecule has 0 atom stereocenters. The van der Waals surface area contributed by atoms with Crippen molar-refractivity contribution in [2.24, 2.45) is 0 Å². The molecule has 0 saturated carbocycles. The van der Waals surface area contributed by atoms with E-state index in [2.05, 4.69) is 27.3 Å². The molecule has 0 spiro atoms. The van der Waals surface area contributed by atoms with Gasteiger partial charge in [0.25, 0.3) is 0 Å². The SMILES string of the molecule is CC.CCOC(=O)CCI. The molecule has 0 aliphatic rings. The molecule has 0 aromatic heterocycles. The summed E-state index contributed by atoms with van der Waals surface area (Å²) >= 11 is 2.14. The zero-order valence-electron chi connectivity index (χ0n) is 6.82. The first-order valence-electron chi connectivity index (χ1n) is 3.52. The Morgan fingerprint density at radius 3 is 2.30 bits per heavy atom. The molecule has 10 heavy (non-hydrogen) atoms. The van der Waals surface area contributed by atoms with Gasteiger partial charge < -0.3 is 4.74 Å². The molecule has 0 radical (unpaired) electrons. The second-order valence-corrected chi connectivity index (χ2v) is 2.32. The first kappa shape index (κ1) is 12.8. The monoisotopic (exact) mass is 258 g/mol. The number of esters is 1. The van der Waals surface area contributed by atoms with Crippen LogP contribution in [0.5, 0.6) is 0 Å². The summed E-state index contributed by atoms with van der Waals surface area (Å²) in [5.41, 5.74) is 0. The average molecular weight is 258 g/mol. The summed E-state index contributed by atoms with van der Waals surface area (Å²) in [5.74, 6) is -0.0955. The van der Waals surface area contributed by atoms with Gasteiger partial charge >= 0.3 is 5.97 Å². The molecule has 0 amide bonds. The molecule has 0 fully saturated rings. The first-order valence-corrected chi connectivity index (χ1v) is 5.05. The van der Waals surface area contributed by atoms with Gasteiger partial charge in [0.2, 0.25) is 0 Å². The van der Waals surface area contributed by atoms with E-state index in [4.69, 9.17) is 0 Å². The van der Waals surface area contributed by atoms with Crippen LogP contribution in [0.3, 0.4) is 0 Å². The Labute approximate surface area is 76.5 Å². The van der Waals surface area contributed by atoms with E-state index in [1.807, 2.05) is 20.8 Å². The van der Waals surface area contributed by atoms with Crippen molar-refractivity contribution in [2.75, 3.05) is 11.0 Å². The van der Waals surface area contributed by atoms with E-state index in [1.165, 1.54) is 0 Å². The van der Waals surface area contributed by atoms with E-state index in [0.717, 1.165) is 4.43 Å². The van der Waals surface area contributed by atoms with Gasteiger partial charge in [0.05, 0.1) is 13.0 Å². The number of carbonyl (C=O) groups is 1. The van der Waals surface area contributed by atoms with Crippen LogP contribution in [0.2, 0.25) is 0 Å². The molecule has 2 nitrogen and oxygen atoms in total. The van der Waals surface area contributed by atoms with Crippen molar-refractivity contribution >= 4 is 28.6 Å². The van der Waals surface area contributed by atoms with Crippen LogP contribution in [-0.2, 0) is 9.53 Å². The van der Waals surface area contributed by atoms with Gasteiger partial charge in [0.15, 0.2) is 0 Å². The summed E-state index contributed by atoms with van der Waals surface area (Å²) in [5, 5.41) is 0. The van der Waals surface area contributed by atoms with Crippen molar-refractivity contribution in [3.63, 3.8) is 0 Å². The Morgan fingerprint density at radius 1 is 1.50 bits per heavy atom. The third kappa shape index (κ3) is 11.1. The van der Waals surface area contributed by atoms with Crippen LogP contribution in [0.15, 0.2) is 0 Å². The number of alkyl halides is 1. The van der Waals surface area contributed by atoms with Gasteiger partial charge in [-0.2, -0.15) is 0 Å². The van der Waals surface area contributed by atoms with Crippen LogP contribution in [0.4, 0.5) is 0 Å². The summed E-state index contributed by atoms with van der Waals surface area (Å²) < 4.78 is 5.48. The Morgan fingerprint density at radius 2 is 2.00 bits per heavy atom. The summed E-state index contributed by atoms with van der Waals surface area (Å²) in [6.45, 7) is 6.31. The lowest BCUT2D eigenvalue weighted by atomic mass is 10.5. The smallest absolute Gasteiger partial charge is 0.306 e. The standard InChI is InChI=1S/C5H9IO2.C2H6/c1-2-8-5(7)3-4-6;1-2/h2-4H2,1H3;1-2H3. The van der Waals surface area contributed by atoms with Crippen LogP contribution in [-0.4, -0.2) is 17.0 Å². The van der Waals surface area contributed by atoms with E-state index in [0.29, 0.717) is 13.0 Å². The third-order valence-electron chi connectivity index (χ3n) is 0.604. The van der Waals surface area contributed by atoms with Crippen LogP contribution in [0.1, 0.15) is 27.2 Å². The number of hydrogen-bond donors (Lipinski definition) is 0. The largest absolute Gasteiger partial charge is 0.466 e. The van der Waals surface area contributed by atoms with Crippen molar-refractivity contribution in [2.45, 2.75) is 27.2 Å². The fourth-order valence-corrected chi connectivity index (χ4v) is 0.751. The molecular formula is C7H15IO2. The fraction of sp³-hybridized carbons (Fsp3) is 0.857. The van der Waals surface area contributed by atoms with Crippen LogP contribution in [0.25, 0.3) is 0 Å². The van der Waals surface area contributed by atoms with E-state index < -0.39 is 0 Å². The molecule has 0 rings (SSSR count). The minimum Gasteiger partial charge on any atom is -0.466 e. The summed E-state index contributed by atoms with van der Waals surface area (Å²) in [4.78, 5) is 10.4. The van der Waals surface area contributed by atoms with Crippen LogP contribution < -0.4 is 0 Å². The van der Waals surface area contributed by atoms with Crippen LogP contribution >= 0.6 is 22.6 Å². The zero-order valence-corrected chi connectivity index (χ0v) is 8.97. The molecule has 0 bridgehead atoms. The fourth-order valence-electron chi connectivity index (χ4n) is 0.310. The van der Waals surface area contributed by atoms with Crippen molar-refractivity contribution in [1.82, 2.24) is 0 Å². The van der Waals surface area contributed by atoms with Gasteiger partial charge in [0, 0.05) is 4.43 Å². The molecule has 0 N–H and O–H groups in total. The van der Waals surface area contributed by atoms with Crippen LogP contribution in [0, 0.1) is 0 Å². The van der Waals surface area contributed by atoms with Crippen molar-refractivity contribution in [3.8, 4) is 0 Å². The molecule has 0 saturated heterocycles. The normalized spacial score (nSPS) is 7.60. The molecule has 0 aliphatic carbocycles. The second kappa shape index (κ2) is 11.9. The van der Waals surface area contributed by atoms with E-state index in [1.54, 1.807) is 0 Å². The van der Waals surface area contributed by atoms with Gasteiger partial charge in [-0.15, -0.1) is 0 Å². The number of carbonyl (C=O) groups excluding carboxylic acids is 1. The number of hydrogen-bond acceptors (Lipinski definition) is 2. The summed E-state index contributed by atoms with van der Waals surface area (Å²) in [6, 6.07) is 0.